The number of carbonyl (C=O) groups is 1. The number of nitrogens with one attached hydrogen (secondary N) is 1. The zero-order valence-electron chi connectivity index (χ0n) is 12.6. The van der Waals surface area contributed by atoms with Gasteiger partial charge in [0, 0.05) is 5.69 Å². The molecule has 118 valence electrons. The highest BCUT2D eigenvalue weighted by molar-refractivity contribution is 6.09. The molecule has 0 radical (unpaired) electrons. The molecule has 0 aliphatic rings. The predicted octanol–water partition coefficient (Wildman–Crippen LogP) is 3.38. The minimum absolute atomic E-state index is 0.0726. The van der Waals surface area contributed by atoms with Gasteiger partial charge < -0.3 is 10.1 Å². The van der Waals surface area contributed by atoms with Gasteiger partial charge in [-0.3, -0.25) is 4.79 Å². The number of rotatable bonds is 5. The Balaban J connectivity index is 2.10. The first-order chi connectivity index (χ1) is 11.6. The van der Waals surface area contributed by atoms with E-state index in [9.17, 15) is 9.18 Å². The fourth-order valence-corrected chi connectivity index (χ4v) is 1.83. The van der Waals surface area contributed by atoms with E-state index in [2.05, 4.69) is 11.2 Å². The van der Waals surface area contributed by atoms with Crippen molar-refractivity contribution in [1.29, 1.82) is 5.26 Å². The van der Waals surface area contributed by atoms with E-state index in [1.54, 1.807) is 24.3 Å². The van der Waals surface area contributed by atoms with Crippen molar-refractivity contribution in [3.63, 3.8) is 0 Å². The van der Waals surface area contributed by atoms with Crippen LogP contribution in [0.1, 0.15) is 5.56 Å². The molecule has 2 aromatic carbocycles. The van der Waals surface area contributed by atoms with Crippen molar-refractivity contribution < 1.29 is 13.9 Å². The topological polar surface area (TPSA) is 62.1 Å². The fourth-order valence-electron chi connectivity index (χ4n) is 1.83. The second kappa shape index (κ2) is 8.17. The van der Waals surface area contributed by atoms with Gasteiger partial charge in [-0.1, -0.05) is 18.1 Å². The molecule has 0 aliphatic carbocycles. The van der Waals surface area contributed by atoms with Crippen molar-refractivity contribution in [3.8, 4) is 24.2 Å². The average Bonchev–Trinajstić information content (AvgIpc) is 2.60. The Morgan fingerprint density at radius 1 is 1.21 bits per heavy atom. The molecule has 1 amide bonds. The third kappa shape index (κ3) is 4.72. The lowest BCUT2D eigenvalue weighted by Gasteiger charge is -2.05. The number of halogens is 1. The van der Waals surface area contributed by atoms with Crippen LogP contribution in [0.5, 0.6) is 5.75 Å². The number of amides is 1. The lowest BCUT2D eigenvalue weighted by molar-refractivity contribution is -0.112. The molecule has 1 N–H and O–H groups in total. The van der Waals surface area contributed by atoms with Crippen LogP contribution in [0.2, 0.25) is 0 Å². The van der Waals surface area contributed by atoms with Crippen LogP contribution in [0.25, 0.3) is 6.08 Å². The lowest BCUT2D eigenvalue weighted by atomic mass is 10.1. The molecule has 24 heavy (non-hydrogen) atoms. The summed E-state index contributed by atoms with van der Waals surface area (Å²) in [6.45, 7) is 0.165. The maximum atomic E-state index is 12.8. The monoisotopic (exact) mass is 320 g/mol. The normalized spacial score (nSPS) is 10.4. The number of terminal acetylenes is 1. The molecule has 4 nitrogen and oxygen atoms in total. The molecule has 0 fully saturated rings. The van der Waals surface area contributed by atoms with Crippen LogP contribution in [0.15, 0.2) is 54.1 Å². The van der Waals surface area contributed by atoms with Crippen LogP contribution >= 0.6 is 0 Å². The molecular formula is C19H13FN2O2. The van der Waals surface area contributed by atoms with E-state index in [0.717, 1.165) is 0 Å². The van der Waals surface area contributed by atoms with Gasteiger partial charge in [0.25, 0.3) is 5.91 Å². The number of benzene rings is 2. The van der Waals surface area contributed by atoms with Gasteiger partial charge in [0.1, 0.15) is 29.8 Å². The van der Waals surface area contributed by atoms with E-state index in [1.807, 2.05) is 6.07 Å². The summed E-state index contributed by atoms with van der Waals surface area (Å²) in [5, 5.41) is 11.7. The van der Waals surface area contributed by atoms with Crippen molar-refractivity contribution in [2.24, 2.45) is 0 Å². The summed E-state index contributed by atoms with van der Waals surface area (Å²) in [4.78, 5) is 12.1. The highest BCUT2D eigenvalue weighted by Gasteiger charge is 2.09. The first kappa shape index (κ1) is 16.8. The minimum atomic E-state index is -0.572. The summed E-state index contributed by atoms with van der Waals surface area (Å²) >= 11 is 0. The number of nitriles is 1. The van der Waals surface area contributed by atoms with E-state index in [0.29, 0.717) is 17.0 Å². The van der Waals surface area contributed by atoms with Crippen molar-refractivity contribution in [2.45, 2.75) is 0 Å². The molecule has 0 saturated heterocycles. The number of carbonyl (C=O) groups excluding carboxylic acids is 1. The fraction of sp³-hybridized carbons (Fsp3) is 0.0526. The van der Waals surface area contributed by atoms with Crippen LogP contribution in [0.3, 0.4) is 0 Å². The third-order valence-corrected chi connectivity index (χ3v) is 2.98. The predicted molar refractivity (Wildman–Crippen MR) is 89.4 cm³/mol. The maximum Gasteiger partial charge on any atom is 0.266 e. The minimum Gasteiger partial charge on any atom is -0.481 e. The van der Waals surface area contributed by atoms with Crippen LogP contribution in [-0.2, 0) is 4.79 Å². The number of hydrogen-bond donors (Lipinski definition) is 1. The van der Waals surface area contributed by atoms with Crippen molar-refractivity contribution in [2.75, 3.05) is 11.9 Å². The number of anilines is 1. The molecule has 5 heteroatoms. The molecule has 0 bridgehead atoms. The number of ether oxygens (including phenoxy) is 1. The Hall–Kier alpha value is -3.57. The largest absolute Gasteiger partial charge is 0.481 e. The summed E-state index contributed by atoms with van der Waals surface area (Å²) in [5.74, 6) is 1.98. The first-order valence-electron chi connectivity index (χ1n) is 6.97. The molecule has 0 spiro atoms. The second-order valence-electron chi connectivity index (χ2n) is 4.69. The average molecular weight is 320 g/mol. The molecule has 0 atom stereocenters. The second-order valence-corrected chi connectivity index (χ2v) is 4.69. The van der Waals surface area contributed by atoms with Gasteiger partial charge in [0.2, 0.25) is 0 Å². The Bertz CT molecular complexity index is 826. The molecule has 2 aromatic rings. The zero-order chi connectivity index (χ0) is 17.4. The highest BCUT2D eigenvalue weighted by Crippen LogP contribution is 2.16. The number of hydrogen-bond acceptors (Lipinski definition) is 3. The molecule has 0 aliphatic heterocycles. The van der Waals surface area contributed by atoms with Gasteiger partial charge in [-0.05, 0) is 48.0 Å². The Labute approximate surface area is 139 Å². The Kier molecular flexibility index (Phi) is 5.71. The summed E-state index contributed by atoms with van der Waals surface area (Å²) < 4.78 is 18.1. The maximum absolute atomic E-state index is 12.8. The van der Waals surface area contributed by atoms with Crippen molar-refractivity contribution >= 4 is 17.7 Å². The quantitative estimate of drug-likeness (QED) is 0.522. The molecule has 0 heterocycles. The van der Waals surface area contributed by atoms with Gasteiger partial charge in [-0.25, -0.2) is 4.39 Å². The molecular weight excluding hydrogens is 307 g/mol. The van der Waals surface area contributed by atoms with E-state index in [-0.39, 0.29) is 12.2 Å². The Morgan fingerprint density at radius 3 is 2.46 bits per heavy atom. The third-order valence-electron chi connectivity index (χ3n) is 2.98. The molecule has 2 rings (SSSR count). The molecule has 0 unspecified atom stereocenters. The van der Waals surface area contributed by atoms with E-state index < -0.39 is 11.7 Å². The van der Waals surface area contributed by atoms with Crippen molar-refractivity contribution in [3.05, 3.63) is 65.5 Å². The van der Waals surface area contributed by atoms with Crippen LogP contribution in [-0.4, -0.2) is 12.5 Å². The standard InChI is InChI=1S/C19H13FN2O2/c1-2-11-24-18-9-3-14(4-10-18)12-15(13-21)19(23)22-17-7-5-16(20)6-8-17/h1,3-10,12H,11H2,(H,22,23). The van der Waals surface area contributed by atoms with Crippen LogP contribution in [0.4, 0.5) is 10.1 Å². The van der Waals surface area contributed by atoms with Gasteiger partial charge in [0.05, 0.1) is 0 Å². The van der Waals surface area contributed by atoms with Crippen LogP contribution < -0.4 is 10.1 Å². The van der Waals surface area contributed by atoms with Gasteiger partial charge in [-0.2, -0.15) is 5.26 Å². The lowest BCUT2D eigenvalue weighted by Crippen LogP contribution is -2.13. The summed E-state index contributed by atoms with van der Waals surface area (Å²) in [6, 6.07) is 13.9. The number of nitrogens with zero attached hydrogens (tertiary/aromatic N) is 1. The zero-order valence-corrected chi connectivity index (χ0v) is 12.6. The summed E-state index contributed by atoms with van der Waals surface area (Å²) in [6.07, 6.45) is 6.56. The summed E-state index contributed by atoms with van der Waals surface area (Å²) in [5.41, 5.74) is 0.992. The van der Waals surface area contributed by atoms with Crippen molar-refractivity contribution in [1.82, 2.24) is 0 Å². The highest BCUT2D eigenvalue weighted by atomic mass is 19.1. The van der Waals surface area contributed by atoms with E-state index in [4.69, 9.17) is 16.4 Å². The Morgan fingerprint density at radius 2 is 1.88 bits per heavy atom. The van der Waals surface area contributed by atoms with Gasteiger partial charge >= 0.3 is 0 Å². The summed E-state index contributed by atoms with van der Waals surface area (Å²) in [7, 11) is 0. The van der Waals surface area contributed by atoms with E-state index >= 15 is 0 Å². The SMILES string of the molecule is C#CCOc1ccc(C=C(C#N)C(=O)Nc2ccc(F)cc2)cc1. The van der Waals surface area contributed by atoms with Gasteiger partial charge in [-0.15, -0.1) is 6.42 Å². The van der Waals surface area contributed by atoms with E-state index in [1.165, 1.54) is 30.3 Å². The first-order valence-corrected chi connectivity index (χ1v) is 6.97. The molecule has 0 aromatic heterocycles. The smallest absolute Gasteiger partial charge is 0.266 e. The molecule has 0 saturated carbocycles. The van der Waals surface area contributed by atoms with Gasteiger partial charge in [0.15, 0.2) is 0 Å². The van der Waals surface area contributed by atoms with Crippen LogP contribution in [0, 0.1) is 29.5 Å².